The Kier molecular flexibility index (Phi) is 4.41. The second kappa shape index (κ2) is 6.88. The van der Waals surface area contributed by atoms with Crippen molar-refractivity contribution in [3.05, 3.63) is 53.0 Å². The van der Waals surface area contributed by atoms with Gasteiger partial charge in [0.25, 0.3) is 11.8 Å². The molecule has 1 aliphatic heterocycles. The first-order chi connectivity index (χ1) is 13.1. The number of nitrogens with two attached hydrogens (primary N) is 2. The number of rotatable bonds is 3. The van der Waals surface area contributed by atoms with Gasteiger partial charge in [-0.1, -0.05) is 18.2 Å². The van der Waals surface area contributed by atoms with Gasteiger partial charge in [-0.3, -0.25) is 9.59 Å². The number of piperazine rings is 1. The molecule has 2 aromatic heterocycles. The minimum Gasteiger partial charge on any atom is -0.397 e. The fraction of sp³-hybridized carbons (Fsp3) is 0.211. The number of fused-ring (bicyclic) bond motifs is 1. The summed E-state index contributed by atoms with van der Waals surface area (Å²) in [5.41, 5.74) is 13.6. The first kappa shape index (κ1) is 17.3. The normalized spacial score (nSPS) is 14.5. The van der Waals surface area contributed by atoms with E-state index in [0.29, 0.717) is 47.1 Å². The predicted octanol–water partition coefficient (Wildman–Crippen LogP) is 1.94. The number of carbonyl (C=O) groups is 2. The van der Waals surface area contributed by atoms with E-state index in [1.165, 1.54) is 11.3 Å². The summed E-state index contributed by atoms with van der Waals surface area (Å²) in [6.45, 7) is 2.59. The topological polar surface area (TPSA) is 106 Å². The van der Waals surface area contributed by atoms with E-state index in [9.17, 15) is 9.59 Å². The van der Waals surface area contributed by atoms with Gasteiger partial charge in [0.15, 0.2) is 0 Å². The Morgan fingerprint density at radius 1 is 1.04 bits per heavy atom. The van der Waals surface area contributed by atoms with E-state index >= 15 is 0 Å². The van der Waals surface area contributed by atoms with Crippen LogP contribution in [0, 0.1) is 0 Å². The Bertz CT molecular complexity index is 1010. The van der Waals surface area contributed by atoms with Crippen molar-refractivity contribution in [3.63, 3.8) is 0 Å². The first-order valence-electron chi connectivity index (χ1n) is 8.62. The zero-order valence-electron chi connectivity index (χ0n) is 14.6. The molecule has 1 aromatic carbocycles. The molecule has 4 rings (SSSR count). The smallest absolute Gasteiger partial charge is 0.260 e. The summed E-state index contributed by atoms with van der Waals surface area (Å²) in [5, 5.41) is 0.763. The number of benzene rings is 1. The van der Waals surface area contributed by atoms with Gasteiger partial charge in [0.2, 0.25) is 0 Å². The van der Waals surface area contributed by atoms with E-state index in [1.807, 2.05) is 41.3 Å². The summed E-state index contributed by atoms with van der Waals surface area (Å²) in [5.74, 6) is -0.499. The van der Waals surface area contributed by atoms with Crippen LogP contribution >= 0.6 is 11.3 Å². The lowest BCUT2D eigenvalue weighted by atomic mass is 10.1. The maximum Gasteiger partial charge on any atom is 0.260 e. The average Bonchev–Trinajstić information content (AvgIpc) is 3.05. The van der Waals surface area contributed by atoms with Crippen molar-refractivity contribution in [3.8, 4) is 0 Å². The molecular formula is C19H19N5O2S. The lowest BCUT2D eigenvalue weighted by Gasteiger charge is -2.36. The average molecular weight is 381 g/mol. The third kappa shape index (κ3) is 3.08. The van der Waals surface area contributed by atoms with Gasteiger partial charge < -0.3 is 21.3 Å². The number of primary amides is 1. The number of thiophene rings is 1. The molecule has 0 aliphatic carbocycles. The van der Waals surface area contributed by atoms with Crippen molar-refractivity contribution in [2.75, 3.05) is 36.8 Å². The lowest BCUT2D eigenvalue weighted by molar-refractivity contribution is 0.0746. The van der Waals surface area contributed by atoms with Crippen LogP contribution < -0.4 is 16.4 Å². The van der Waals surface area contributed by atoms with E-state index in [0.717, 1.165) is 11.1 Å². The third-order valence-corrected chi connectivity index (χ3v) is 5.89. The van der Waals surface area contributed by atoms with Crippen LogP contribution in [0.5, 0.6) is 0 Å². The quantitative estimate of drug-likeness (QED) is 0.721. The van der Waals surface area contributed by atoms with Crippen LogP contribution in [0.4, 0.5) is 11.4 Å². The summed E-state index contributed by atoms with van der Waals surface area (Å²) < 4.78 is 0. The number of hydrogen-bond acceptors (Lipinski definition) is 6. The first-order valence-corrected chi connectivity index (χ1v) is 9.44. The molecule has 27 heavy (non-hydrogen) atoms. The molecule has 0 saturated carbocycles. The molecule has 138 valence electrons. The maximum absolute atomic E-state index is 12.6. The highest BCUT2D eigenvalue weighted by atomic mass is 32.1. The summed E-state index contributed by atoms with van der Waals surface area (Å²) >= 11 is 1.21. The predicted molar refractivity (Wildman–Crippen MR) is 107 cm³/mol. The monoisotopic (exact) mass is 381 g/mol. The van der Waals surface area contributed by atoms with Crippen LogP contribution in [0.3, 0.4) is 0 Å². The van der Waals surface area contributed by atoms with Crippen molar-refractivity contribution < 1.29 is 9.59 Å². The molecule has 4 N–H and O–H groups in total. The van der Waals surface area contributed by atoms with Crippen LogP contribution in [0.15, 0.2) is 42.6 Å². The molecule has 0 atom stereocenters. The van der Waals surface area contributed by atoms with Crippen LogP contribution in [0.2, 0.25) is 0 Å². The number of amides is 2. The van der Waals surface area contributed by atoms with E-state index in [-0.39, 0.29) is 5.91 Å². The molecular weight excluding hydrogens is 362 g/mol. The number of carbonyl (C=O) groups excluding carboxylic acids is 2. The van der Waals surface area contributed by atoms with Crippen molar-refractivity contribution in [1.29, 1.82) is 0 Å². The van der Waals surface area contributed by atoms with Crippen molar-refractivity contribution in [2.45, 2.75) is 0 Å². The van der Waals surface area contributed by atoms with Gasteiger partial charge in [-0.25, -0.2) is 4.98 Å². The fourth-order valence-electron chi connectivity index (χ4n) is 3.39. The Morgan fingerprint density at radius 3 is 2.41 bits per heavy atom. The van der Waals surface area contributed by atoms with E-state index in [1.54, 1.807) is 6.20 Å². The second-order valence-electron chi connectivity index (χ2n) is 6.36. The second-order valence-corrected chi connectivity index (χ2v) is 7.36. The highest BCUT2D eigenvalue weighted by Gasteiger charge is 2.25. The molecule has 0 unspecified atom stereocenters. The summed E-state index contributed by atoms with van der Waals surface area (Å²) in [6.07, 6.45) is 1.71. The number of hydrogen-bond donors (Lipinski definition) is 2. The van der Waals surface area contributed by atoms with Crippen molar-refractivity contribution in [2.24, 2.45) is 5.73 Å². The van der Waals surface area contributed by atoms with E-state index < -0.39 is 5.91 Å². The maximum atomic E-state index is 12.6. The van der Waals surface area contributed by atoms with Gasteiger partial charge in [0, 0.05) is 37.9 Å². The molecule has 1 aliphatic rings. The lowest BCUT2D eigenvalue weighted by Crippen LogP contribution is -2.48. The van der Waals surface area contributed by atoms with Gasteiger partial charge in [-0.05, 0) is 18.2 Å². The summed E-state index contributed by atoms with van der Waals surface area (Å²) in [7, 11) is 0. The zero-order chi connectivity index (χ0) is 19.0. The molecule has 0 spiro atoms. The molecule has 2 amide bonds. The molecule has 0 bridgehead atoms. The van der Waals surface area contributed by atoms with Gasteiger partial charge in [-0.15, -0.1) is 11.3 Å². The molecule has 0 radical (unpaired) electrons. The zero-order valence-corrected chi connectivity index (χ0v) is 15.4. The van der Waals surface area contributed by atoms with E-state index in [4.69, 9.17) is 11.5 Å². The Balaban J connectivity index is 1.57. The molecule has 3 aromatic rings. The molecule has 3 heterocycles. The molecule has 7 nitrogen and oxygen atoms in total. The van der Waals surface area contributed by atoms with Gasteiger partial charge in [0.05, 0.1) is 16.8 Å². The standard InChI is InChI=1S/C19H19N5O2S/c20-15-14-13(6-7-22-18(14)27-16(15)17(21)25)23-8-10-24(11-9-23)19(26)12-4-2-1-3-5-12/h1-7H,8-11,20H2,(H2,21,25). The van der Waals surface area contributed by atoms with Crippen LogP contribution in [-0.4, -0.2) is 47.9 Å². The van der Waals surface area contributed by atoms with Crippen LogP contribution in [-0.2, 0) is 0 Å². The van der Waals surface area contributed by atoms with Gasteiger partial charge in [-0.2, -0.15) is 0 Å². The number of nitrogens with zero attached hydrogens (tertiary/aromatic N) is 3. The number of nitrogen functional groups attached to an aromatic ring is 1. The van der Waals surface area contributed by atoms with Crippen LogP contribution in [0.1, 0.15) is 20.0 Å². The highest BCUT2D eigenvalue weighted by molar-refractivity contribution is 7.21. The number of pyridine rings is 1. The van der Waals surface area contributed by atoms with Crippen molar-refractivity contribution in [1.82, 2.24) is 9.88 Å². The Labute approximate surface area is 160 Å². The SMILES string of the molecule is NC(=O)c1sc2nccc(N3CCN(C(=O)c4ccccc4)CC3)c2c1N. The minimum absolute atomic E-state index is 0.0428. The Hall–Kier alpha value is -3.13. The largest absolute Gasteiger partial charge is 0.397 e. The Morgan fingerprint density at radius 2 is 1.74 bits per heavy atom. The summed E-state index contributed by atoms with van der Waals surface area (Å²) in [6, 6.07) is 11.2. The fourth-order valence-corrected chi connectivity index (χ4v) is 4.33. The van der Waals surface area contributed by atoms with Crippen LogP contribution in [0.25, 0.3) is 10.2 Å². The van der Waals surface area contributed by atoms with Gasteiger partial charge >= 0.3 is 0 Å². The van der Waals surface area contributed by atoms with Crippen molar-refractivity contribution >= 4 is 44.7 Å². The molecule has 8 heteroatoms. The number of aromatic nitrogens is 1. The highest BCUT2D eigenvalue weighted by Crippen LogP contribution is 2.38. The minimum atomic E-state index is -0.542. The third-order valence-electron chi connectivity index (χ3n) is 4.76. The molecule has 1 fully saturated rings. The van der Waals surface area contributed by atoms with Gasteiger partial charge in [0.1, 0.15) is 9.71 Å². The number of anilines is 2. The van der Waals surface area contributed by atoms with E-state index in [2.05, 4.69) is 9.88 Å². The summed E-state index contributed by atoms with van der Waals surface area (Å²) in [4.78, 5) is 33.6. The molecule has 1 saturated heterocycles.